The third-order valence-electron chi connectivity index (χ3n) is 2.08. The average molecular weight is 191 g/mol. The van der Waals surface area contributed by atoms with Crippen molar-refractivity contribution in [2.45, 2.75) is 13.0 Å². The zero-order valence-electron chi connectivity index (χ0n) is 8.77. The molecule has 1 atom stereocenters. The molecule has 0 saturated heterocycles. The summed E-state index contributed by atoms with van der Waals surface area (Å²) in [5.41, 5.74) is 7.70. The Kier molecular flexibility index (Phi) is 3.65. The maximum absolute atomic E-state index is 5.71. The maximum atomic E-state index is 5.71. The lowest BCUT2D eigenvalue weighted by Crippen LogP contribution is -2.17. The van der Waals surface area contributed by atoms with E-state index in [9.17, 15) is 0 Å². The van der Waals surface area contributed by atoms with E-state index in [1.54, 1.807) is 0 Å². The number of aromatic nitrogens is 1. The van der Waals surface area contributed by atoms with Crippen LogP contribution in [-0.2, 0) is 0 Å². The molecule has 0 saturated carbocycles. The molecule has 1 heterocycles. The van der Waals surface area contributed by atoms with Crippen molar-refractivity contribution in [2.24, 2.45) is 5.73 Å². The first-order chi connectivity index (χ1) is 6.65. The fourth-order valence-corrected chi connectivity index (χ4v) is 1.19. The van der Waals surface area contributed by atoms with Crippen LogP contribution in [0.3, 0.4) is 0 Å². The average Bonchev–Trinajstić information content (AvgIpc) is 2.18. The monoisotopic (exact) mass is 191 g/mol. The van der Waals surface area contributed by atoms with Crippen LogP contribution in [0.5, 0.6) is 0 Å². The summed E-state index contributed by atoms with van der Waals surface area (Å²) in [5, 5.41) is 0. The summed E-state index contributed by atoms with van der Waals surface area (Å²) in [4.78, 5) is 6.35. The van der Waals surface area contributed by atoms with Crippen LogP contribution < -0.4 is 10.6 Å². The second-order valence-electron chi connectivity index (χ2n) is 3.40. The lowest BCUT2D eigenvalue weighted by molar-refractivity contribution is 0.780. The van der Waals surface area contributed by atoms with E-state index in [-0.39, 0.29) is 6.04 Å². The number of likely N-dealkylation sites (N-methyl/N-ethyl adjacent to an activating group) is 1. The third kappa shape index (κ3) is 2.57. The Labute approximate surface area is 85.3 Å². The van der Waals surface area contributed by atoms with Crippen LogP contribution >= 0.6 is 0 Å². The molecule has 0 unspecified atom stereocenters. The van der Waals surface area contributed by atoms with E-state index in [2.05, 4.69) is 16.5 Å². The van der Waals surface area contributed by atoms with Gasteiger partial charge in [0.25, 0.3) is 0 Å². The van der Waals surface area contributed by atoms with Gasteiger partial charge in [-0.3, -0.25) is 4.98 Å². The van der Waals surface area contributed by atoms with Crippen molar-refractivity contribution in [3.05, 3.63) is 36.7 Å². The highest BCUT2D eigenvalue weighted by atomic mass is 15.1. The van der Waals surface area contributed by atoms with Crippen molar-refractivity contribution >= 4 is 5.69 Å². The first-order valence-corrected chi connectivity index (χ1v) is 4.68. The van der Waals surface area contributed by atoms with Crippen molar-refractivity contribution in [1.82, 2.24) is 4.98 Å². The summed E-state index contributed by atoms with van der Waals surface area (Å²) in [5.74, 6) is 0. The number of rotatable bonds is 4. The van der Waals surface area contributed by atoms with Gasteiger partial charge in [-0.15, -0.1) is 6.58 Å². The second kappa shape index (κ2) is 4.77. The SMILES string of the molecule is C=CCN(C)c1ccc([C@@H](C)N)nc1. The number of pyridine rings is 1. The van der Waals surface area contributed by atoms with Gasteiger partial charge in [-0.05, 0) is 19.1 Å². The fraction of sp³-hybridized carbons (Fsp3) is 0.364. The van der Waals surface area contributed by atoms with Crippen molar-refractivity contribution in [3.63, 3.8) is 0 Å². The number of nitrogens with zero attached hydrogens (tertiary/aromatic N) is 2. The molecular weight excluding hydrogens is 174 g/mol. The molecule has 0 aromatic carbocycles. The highest BCUT2D eigenvalue weighted by molar-refractivity contribution is 5.44. The molecule has 0 aliphatic rings. The van der Waals surface area contributed by atoms with Gasteiger partial charge < -0.3 is 10.6 Å². The summed E-state index contributed by atoms with van der Waals surface area (Å²) in [6.07, 6.45) is 3.70. The second-order valence-corrected chi connectivity index (χ2v) is 3.40. The number of anilines is 1. The minimum absolute atomic E-state index is 0.00578. The molecule has 3 nitrogen and oxygen atoms in total. The number of nitrogens with two attached hydrogens (primary N) is 1. The zero-order valence-corrected chi connectivity index (χ0v) is 8.77. The lowest BCUT2D eigenvalue weighted by atomic mass is 10.2. The van der Waals surface area contributed by atoms with Gasteiger partial charge in [0.1, 0.15) is 0 Å². The summed E-state index contributed by atoms with van der Waals surface area (Å²) < 4.78 is 0. The van der Waals surface area contributed by atoms with Crippen molar-refractivity contribution in [3.8, 4) is 0 Å². The van der Waals surface area contributed by atoms with E-state index in [0.717, 1.165) is 17.9 Å². The topological polar surface area (TPSA) is 42.1 Å². The number of hydrogen-bond donors (Lipinski definition) is 1. The van der Waals surface area contributed by atoms with Crippen molar-refractivity contribution < 1.29 is 0 Å². The minimum Gasteiger partial charge on any atom is -0.370 e. The van der Waals surface area contributed by atoms with Crippen LogP contribution in [0.25, 0.3) is 0 Å². The highest BCUT2D eigenvalue weighted by Gasteiger charge is 2.02. The molecule has 3 heteroatoms. The molecule has 0 spiro atoms. The van der Waals surface area contributed by atoms with Gasteiger partial charge in [-0.1, -0.05) is 6.08 Å². The maximum Gasteiger partial charge on any atom is 0.0569 e. The van der Waals surface area contributed by atoms with Crippen LogP contribution in [0.2, 0.25) is 0 Å². The van der Waals surface area contributed by atoms with Gasteiger partial charge in [0, 0.05) is 19.6 Å². The quantitative estimate of drug-likeness (QED) is 0.737. The molecule has 14 heavy (non-hydrogen) atoms. The molecule has 0 amide bonds. The molecule has 76 valence electrons. The van der Waals surface area contributed by atoms with Gasteiger partial charge in [0.2, 0.25) is 0 Å². The third-order valence-corrected chi connectivity index (χ3v) is 2.08. The first kappa shape index (κ1) is 10.7. The Morgan fingerprint density at radius 3 is 2.79 bits per heavy atom. The van der Waals surface area contributed by atoms with Crippen LogP contribution in [0, 0.1) is 0 Å². The largest absolute Gasteiger partial charge is 0.370 e. The van der Waals surface area contributed by atoms with Crippen LogP contribution in [0.1, 0.15) is 18.7 Å². The van der Waals surface area contributed by atoms with E-state index < -0.39 is 0 Å². The molecule has 1 aromatic rings. The predicted molar refractivity (Wildman–Crippen MR) is 60.3 cm³/mol. The summed E-state index contributed by atoms with van der Waals surface area (Å²) in [6, 6.07) is 3.98. The smallest absolute Gasteiger partial charge is 0.0569 e. The standard InChI is InChI=1S/C11H17N3/c1-4-7-14(3)10-5-6-11(9(2)12)13-8-10/h4-6,8-9H,1,7,12H2,2-3H3/t9-/m1/s1. The van der Waals surface area contributed by atoms with Crippen LogP contribution in [0.4, 0.5) is 5.69 Å². The molecule has 2 N–H and O–H groups in total. The summed E-state index contributed by atoms with van der Waals surface area (Å²) in [6.45, 7) is 6.43. The van der Waals surface area contributed by atoms with Gasteiger partial charge >= 0.3 is 0 Å². The lowest BCUT2D eigenvalue weighted by Gasteiger charge is -2.17. The van der Waals surface area contributed by atoms with E-state index >= 15 is 0 Å². The molecule has 1 rings (SSSR count). The van der Waals surface area contributed by atoms with Crippen LogP contribution in [0.15, 0.2) is 31.0 Å². The van der Waals surface area contributed by atoms with Gasteiger partial charge in [0.15, 0.2) is 0 Å². The van der Waals surface area contributed by atoms with Gasteiger partial charge in [-0.25, -0.2) is 0 Å². The Morgan fingerprint density at radius 2 is 2.36 bits per heavy atom. The van der Waals surface area contributed by atoms with E-state index in [0.29, 0.717) is 0 Å². The number of hydrogen-bond acceptors (Lipinski definition) is 3. The Balaban J connectivity index is 2.77. The van der Waals surface area contributed by atoms with Crippen molar-refractivity contribution in [1.29, 1.82) is 0 Å². The molecule has 0 radical (unpaired) electrons. The normalized spacial score (nSPS) is 12.2. The molecule has 0 fully saturated rings. The Bertz CT molecular complexity index is 290. The summed E-state index contributed by atoms with van der Waals surface area (Å²) >= 11 is 0. The van der Waals surface area contributed by atoms with E-state index in [1.165, 1.54) is 0 Å². The molecular formula is C11H17N3. The highest BCUT2D eigenvalue weighted by Crippen LogP contribution is 2.13. The minimum atomic E-state index is -0.00578. The molecule has 1 aromatic heterocycles. The first-order valence-electron chi connectivity index (χ1n) is 4.68. The Morgan fingerprint density at radius 1 is 1.64 bits per heavy atom. The van der Waals surface area contributed by atoms with Crippen LogP contribution in [-0.4, -0.2) is 18.6 Å². The zero-order chi connectivity index (χ0) is 10.6. The van der Waals surface area contributed by atoms with Gasteiger partial charge in [0.05, 0.1) is 17.6 Å². The van der Waals surface area contributed by atoms with Crippen molar-refractivity contribution in [2.75, 3.05) is 18.5 Å². The fourth-order valence-electron chi connectivity index (χ4n) is 1.19. The van der Waals surface area contributed by atoms with E-state index in [1.807, 2.05) is 38.4 Å². The predicted octanol–water partition coefficient (Wildman–Crippen LogP) is 1.72. The molecule has 0 bridgehead atoms. The van der Waals surface area contributed by atoms with Gasteiger partial charge in [-0.2, -0.15) is 0 Å². The Hall–Kier alpha value is -1.35. The molecule has 0 aliphatic heterocycles. The summed E-state index contributed by atoms with van der Waals surface area (Å²) in [7, 11) is 2.00. The molecule has 0 aliphatic carbocycles. The van der Waals surface area contributed by atoms with E-state index in [4.69, 9.17) is 5.73 Å².